The Morgan fingerprint density at radius 3 is 1.96 bits per heavy atom. The highest BCUT2D eigenvalue weighted by molar-refractivity contribution is 6.13. The van der Waals surface area contributed by atoms with Gasteiger partial charge in [-0.1, -0.05) is 109 Å². The fraction of sp³-hybridized carbons (Fsp3) is 0.0400. The van der Waals surface area contributed by atoms with Gasteiger partial charge in [0.25, 0.3) is 0 Å². The van der Waals surface area contributed by atoms with Crippen molar-refractivity contribution in [3.8, 4) is 45.1 Å². The van der Waals surface area contributed by atoms with Crippen molar-refractivity contribution in [2.75, 3.05) is 0 Å². The highest BCUT2D eigenvalue weighted by Crippen LogP contribution is 2.41. The summed E-state index contributed by atoms with van der Waals surface area (Å²) in [6.07, 6.45) is 1.87. The molecule has 1 N–H and O–H groups in total. The van der Waals surface area contributed by atoms with Crippen LogP contribution in [-0.4, -0.2) is 24.1 Å². The highest BCUT2D eigenvalue weighted by Gasteiger charge is 2.22. The van der Waals surface area contributed by atoms with Crippen LogP contribution in [0.25, 0.3) is 99.8 Å². The average Bonchev–Trinajstić information content (AvgIpc) is 3.91. The summed E-state index contributed by atoms with van der Waals surface area (Å²) >= 11 is 0. The van der Waals surface area contributed by atoms with Crippen molar-refractivity contribution < 1.29 is 0 Å². The Labute approximate surface area is 317 Å². The van der Waals surface area contributed by atoms with Gasteiger partial charge in [-0.2, -0.15) is 0 Å². The van der Waals surface area contributed by atoms with Crippen LogP contribution in [0.5, 0.6) is 0 Å². The minimum Gasteiger partial charge on any atom is -0.354 e. The number of aromatic amines is 1. The van der Waals surface area contributed by atoms with Crippen LogP contribution in [-0.2, 0) is 0 Å². The van der Waals surface area contributed by atoms with Crippen molar-refractivity contribution in [3.05, 3.63) is 181 Å². The lowest BCUT2D eigenvalue weighted by atomic mass is 9.95. The van der Waals surface area contributed by atoms with Crippen LogP contribution in [0.3, 0.4) is 0 Å². The van der Waals surface area contributed by atoms with Crippen molar-refractivity contribution >= 4 is 54.6 Å². The largest absolute Gasteiger partial charge is 0.354 e. The molecule has 0 aliphatic rings. The van der Waals surface area contributed by atoms with E-state index in [1.807, 2.05) is 12.3 Å². The first-order valence-electron chi connectivity index (χ1n) is 18.8. The van der Waals surface area contributed by atoms with Crippen LogP contribution < -0.4 is 0 Å². The summed E-state index contributed by atoms with van der Waals surface area (Å²) < 4.78 is 4.62. The number of rotatable bonds is 5. The zero-order chi connectivity index (χ0) is 36.6. The smallest absolute Gasteiger partial charge is 0.147 e. The molecule has 0 atom stereocenters. The monoisotopic (exact) mass is 705 g/mol. The summed E-state index contributed by atoms with van der Waals surface area (Å²) in [5.41, 5.74) is 15.8. The third-order valence-corrected chi connectivity index (χ3v) is 11.2. The number of hydrogen-bond acceptors (Lipinski definition) is 2. The molecule has 0 aliphatic heterocycles. The summed E-state index contributed by atoms with van der Waals surface area (Å²) in [5.74, 6) is 1.78. The minimum absolute atomic E-state index is 0.888. The van der Waals surface area contributed by atoms with E-state index in [0.717, 1.165) is 67.1 Å². The number of hydrogen-bond donors (Lipinski definition) is 1. The standard InChI is InChI=1S/C50H35N5/c1-31-13-10-14-32(2)47(31)34-25-27-39-38-26-24-33(29-44(38)55(45(39)30-34)46-23-8-9-28-51-46)36-18-12-22-43-49(36)53-50(54(43)35-15-4-3-5-16-35)41-20-11-19-40-37-17-6-7-21-42(37)52-48(40)41/h3-30,52H,1-2H3. The summed E-state index contributed by atoms with van der Waals surface area (Å²) in [4.78, 5) is 14.2. The van der Waals surface area contributed by atoms with Gasteiger partial charge in [0.1, 0.15) is 11.6 Å². The first kappa shape index (κ1) is 31.3. The maximum Gasteiger partial charge on any atom is 0.147 e. The third kappa shape index (κ3) is 4.80. The van der Waals surface area contributed by atoms with Crippen LogP contribution in [0.1, 0.15) is 11.1 Å². The quantitative estimate of drug-likeness (QED) is 0.194. The Morgan fingerprint density at radius 2 is 1.16 bits per heavy atom. The molecule has 0 amide bonds. The second-order valence-corrected chi connectivity index (χ2v) is 14.4. The number of imidazole rings is 1. The molecule has 55 heavy (non-hydrogen) atoms. The van der Waals surface area contributed by atoms with E-state index < -0.39 is 0 Å². The Balaban J connectivity index is 1.17. The van der Waals surface area contributed by atoms with Crippen LogP contribution in [0.2, 0.25) is 0 Å². The second-order valence-electron chi connectivity index (χ2n) is 14.4. The van der Waals surface area contributed by atoms with Gasteiger partial charge < -0.3 is 4.98 Å². The lowest BCUT2D eigenvalue weighted by molar-refractivity contribution is 1.08. The van der Waals surface area contributed by atoms with Crippen LogP contribution in [0.15, 0.2) is 170 Å². The Kier molecular flexibility index (Phi) is 6.92. The third-order valence-electron chi connectivity index (χ3n) is 11.2. The summed E-state index contributed by atoms with van der Waals surface area (Å²) in [6, 6.07) is 58.5. The Bertz CT molecular complexity index is 3250. The summed E-state index contributed by atoms with van der Waals surface area (Å²) in [6.45, 7) is 4.39. The van der Waals surface area contributed by atoms with Crippen LogP contribution in [0.4, 0.5) is 0 Å². The lowest BCUT2D eigenvalue weighted by Gasteiger charge is -2.12. The molecular weight excluding hydrogens is 671 g/mol. The molecule has 0 aliphatic carbocycles. The molecule has 0 bridgehead atoms. The number of pyridine rings is 1. The number of nitrogens with one attached hydrogen (secondary N) is 1. The molecule has 4 heterocycles. The molecule has 0 saturated heterocycles. The number of para-hydroxylation sites is 4. The number of benzene rings is 7. The molecule has 11 aromatic rings. The maximum atomic E-state index is 5.54. The van der Waals surface area contributed by atoms with Crippen molar-refractivity contribution in [2.24, 2.45) is 0 Å². The number of aromatic nitrogens is 5. The fourth-order valence-corrected chi connectivity index (χ4v) is 8.75. The van der Waals surface area contributed by atoms with Crippen LogP contribution >= 0.6 is 0 Å². The molecule has 5 nitrogen and oxygen atoms in total. The van der Waals surface area contributed by atoms with Gasteiger partial charge in [-0.15, -0.1) is 0 Å². The predicted octanol–water partition coefficient (Wildman–Crippen LogP) is 12.8. The molecule has 11 rings (SSSR count). The van der Waals surface area contributed by atoms with E-state index in [4.69, 9.17) is 9.97 Å². The van der Waals surface area contributed by atoms with Gasteiger partial charge in [-0.05, 0) is 96.3 Å². The molecule has 0 unspecified atom stereocenters. The highest BCUT2D eigenvalue weighted by atomic mass is 15.1. The van der Waals surface area contributed by atoms with E-state index in [1.165, 1.54) is 43.8 Å². The molecule has 5 heteroatoms. The first-order chi connectivity index (χ1) is 27.1. The second kappa shape index (κ2) is 12.2. The van der Waals surface area contributed by atoms with Crippen molar-refractivity contribution in [1.82, 2.24) is 24.1 Å². The summed E-state index contributed by atoms with van der Waals surface area (Å²) in [7, 11) is 0. The van der Waals surface area contributed by atoms with E-state index in [1.54, 1.807) is 0 Å². The Hall–Kier alpha value is -7.24. The molecule has 0 spiro atoms. The van der Waals surface area contributed by atoms with Gasteiger partial charge in [-0.3, -0.25) is 9.13 Å². The summed E-state index contributed by atoms with van der Waals surface area (Å²) in [5, 5.41) is 4.78. The van der Waals surface area contributed by atoms with Crippen molar-refractivity contribution in [1.29, 1.82) is 0 Å². The lowest BCUT2D eigenvalue weighted by Crippen LogP contribution is -1.97. The molecular formula is C50H35N5. The Morgan fingerprint density at radius 1 is 0.491 bits per heavy atom. The zero-order valence-electron chi connectivity index (χ0n) is 30.5. The minimum atomic E-state index is 0.888. The average molecular weight is 706 g/mol. The van der Waals surface area contributed by atoms with E-state index in [-0.39, 0.29) is 0 Å². The topological polar surface area (TPSA) is 51.4 Å². The molecule has 260 valence electrons. The van der Waals surface area contributed by atoms with Gasteiger partial charge in [0.15, 0.2) is 0 Å². The van der Waals surface area contributed by atoms with E-state index >= 15 is 0 Å². The van der Waals surface area contributed by atoms with Gasteiger partial charge in [0.2, 0.25) is 0 Å². The molecule has 0 fully saturated rings. The first-order valence-corrected chi connectivity index (χ1v) is 18.8. The van der Waals surface area contributed by atoms with Crippen molar-refractivity contribution in [2.45, 2.75) is 13.8 Å². The molecule has 0 radical (unpaired) electrons. The fourth-order valence-electron chi connectivity index (χ4n) is 8.75. The van der Waals surface area contributed by atoms with E-state index in [9.17, 15) is 0 Å². The van der Waals surface area contributed by atoms with E-state index in [0.29, 0.717) is 0 Å². The van der Waals surface area contributed by atoms with Gasteiger partial charge in [0, 0.05) is 50.1 Å². The number of nitrogens with zero attached hydrogens (tertiary/aromatic N) is 4. The molecule has 4 aromatic heterocycles. The number of fused-ring (bicyclic) bond motifs is 7. The van der Waals surface area contributed by atoms with E-state index in [2.05, 4.69) is 186 Å². The van der Waals surface area contributed by atoms with Crippen LogP contribution in [0, 0.1) is 13.8 Å². The van der Waals surface area contributed by atoms with Gasteiger partial charge in [-0.25, -0.2) is 9.97 Å². The normalized spacial score (nSPS) is 11.8. The molecule has 7 aromatic carbocycles. The number of aryl methyl sites for hydroxylation is 2. The molecule has 0 saturated carbocycles. The maximum absolute atomic E-state index is 5.54. The van der Waals surface area contributed by atoms with Gasteiger partial charge >= 0.3 is 0 Å². The SMILES string of the molecule is Cc1cccc(C)c1-c1ccc2c3ccc(-c4cccc5c4nc(-c4cccc6c4[nH]c4ccccc46)n5-c4ccccc4)cc3n(-c3ccccn3)c2c1. The van der Waals surface area contributed by atoms with Crippen molar-refractivity contribution in [3.63, 3.8) is 0 Å². The zero-order valence-corrected chi connectivity index (χ0v) is 30.5. The predicted molar refractivity (Wildman–Crippen MR) is 228 cm³/mol. The number of H-pyrrole nitrogens is 1. The van der Waals surface area contributed by atoms with Gasteiger partial charge in [0.05, 0.1) is 27.6 Å².